The molecule has 1 aromatic carbocycles. The molecule has 3 rings (SSSR count). The molecule has 1 aromatic rings. The Bertz CT molecular complexity index is 670. The molecule has 1 heterocycles. The van der Waals surface area contributed by atoms with Crippen LogP contribution in [0.3, 0.4) is 0 Å². The Morgan fingerprint density at radius 1 is 1.27 bits per heavy atom. The summed E-state index contributed by atoms with van der Waals surface area (Å²) in [5.74, 6) is 0.699. The van der Waals surface area contributed by atoms with Gasteiger partial charge >= 0.3 is 0 Å². The van der Waals surface area contributed by atoms with Gasteiger partial charge in [-0.25, -0.2) is 0 Å². The molecule has 6 nitrogen and oxygen atoms in total. The molecule has 1 aliphatic heterocycles. The fraction of sp³-hybridized carbons (Fsp3) is 0.579. The van der Waals surface area contributed by atoms with Crippen LogP contribution in [0.25, 0.3) is 0 Å². The predicted molar refractivity (Wildman–Crippen MR) is 100 cm³/mol. The third-order valence-electron chi connectivity index (χ3n) is 5.01. The number of nitrogens with zero attached hydrogens (tertiary/aromatic N) is 2. The van der Waals surface area contributed by atoms with E-state index in [0.29, 0.717) is 43.0 Å². The molecule has 1 atom stereocenters. The minimum atomic E-state index is -0.152. The number of benzene rings is 1. The highest BCUT2D eigenvalue weighted by Gasteiger charge is 2.30. The first-order valence-corrected chi connectivity index (χ1v) is 9.53. The number of halogens is 1. The Labute approximate surface area is 159 Å². The van der Waals surface area contributed by atoms with Crippen LogP contribution in [0.2, 0.25) is 5.02 Å². The first-order chi connectivity index (χ1) is 12.4. The van der Waals surface area contributed by atoms with Crippen LogP contribution >= 0.6 is 11.6 Å². The molecule has 1 unspecified atom stereocenters. The van der Waals surface area contributed by atoms with Crippen LogP contribution in [0.15, 0.2) is 18.2 Å². The summed E-state index contributed by atoms with van der Waals surface area (Å²) in [6.45, 7) is 6.47. The number of carbonyl (C=O) groups is 2. The molecule has 1 aliphatic carbocycles. The van der Waals surface area contributed by atoms with Gasteiger partial charge in [0, 0.05) is 37.2 Å². The topological polar surface area (TPSA) is 61.9 Å². The monoisotopic (exact) mass is 379 g/mol. The van der Waals surface area contributed by atoms with Crippen molar-refractivity contribution in [3.05, 3.63) is 28.8 Å². The predicted octanol–water partition coefficient (Wildman–Crippen LogP) is 1.84. The maximum atomic E-state index is 12.4. The van der Waals surface area contributed by atoms with Crippen molar-refractivity contribution in [2.75, 3.05) is 32.8 Å². The lowest BCUT2D eigenvalue weighted by Crippen LogP contribution is -2.55. The number of rotatable bonds is 6. The second-order valence-electron chi connectivity index (χ2n) is 7.08. The summed E-state index contributed by atoms with van der Waals surface area (Å²) < 4.78 is 5.59. The van der Waals surface area contributed by atoms with Gasteiger partial charge in [-0.1, -0.05) is 11.6 Å². The van der Waals surface area contributed by atoms with E-state index in [9.17, 15) is 9.59 Å². The summed E-state index contributed by atoms with van der Waals surface area (Å²) >= 11 is 5.99. The Kier molecular flexibility index (Phi) is 6.04. The zero-order valence-corrected chi connectivity index (χ0v) is 16.1. The molecule has 2 aliphatic rings. The van der Waals surface area contributed by atoms with Crippen LogP contribution in [-0.4, -0.2) is 66.5 Å². The standard InChI is InChI=1S/C19H26ClN3O3/c1-13-11-16(5-6-17(13)20)26-12-18(24)23-9-7-22(8-10-23)14(2)19(25)21-15-3-4-15/h5-6,11,14-15H,3-4,7-10,12H2,1-2H3,(H,21,25). The van der Waals surface area contributed by atoms with E-state index in [1.807, 2.05) is 19.9 Å². The summed E-state index contributed by atoms with van der Waals surface area (Å²) in [7, 11) is 0. The highest BCUT2D eigenvalue weighted by Crippen LogP contribution is 2.21. The van der Waals surface area contributed by atoms with E-state index in [-0.39, 0.29) is 24.5 Å². The van der Waals surface area contributed by atoms with E-state index >= 15 is 0 Å². The lowest BCUT2D eigenvalue weighted by Gasteiger charge is -2.37. The Balaban J connectivity index is 1.42. The average Bonchev–Trinajstić information content (AvgIpc) is 3.46. The largest absolute Gasteiger partial charge is 0.484 e. The van der Waals surface area contributed by atoms with E-state index in [0.717, 1.165) is 18.4 Å². The summed E-state index contributed by atoms with van der Waals surface area (Å²) in [6, 6.07) is 5.58. The van der Waals surface area contributed by atoms with Crippen molar-refractivity contribution in [1.29, 1.82) is 0 Å². The molecule has 7 heteroatoms. The Morgan fingerprint density at radius 3 is 2.58 bits per heavy atom. The van der Waals surface area contributed by atoms with Crippen molar-refractivity contribution in [2.45, 2.75) is 38.8 Å². The highest BCUT2D eigenvalue weighted by molar-refractivity contribution is 6.31. The van der Waals surface area contributed by atoms with E-state index in [2.05, 4.69) is 10.2 Å². The fourth-order valence-corrected chi connectivity index (χ4v) is 3.13. The maximum absolute atomic E-state index is 12.4. The number of hydrogen-bond donors (Lipinski definition) is 1. The lowest BCUT2D eigenvalue weighted by molar-refractivity contribution is -0.136. The number of aryl methyl sites for hydroxylation is 1. The molecule has 26 heavy (non-hydrogen) atoms. The molecule has 0 aromatic heterocycles. The van der Waals surface area contributed by atoms with Crippen LogP contribution in [0.5, 0.6) is 5.75 Å². The fourth-order valence-electron chi connectivity index (χ4n) is 3.02. The third kappa shape index (κ3) is 4.89. The molecule has 1 saturated heterocycles. The van der Waals surface area contributed by atoms with Crippen molar-refractivity contribution in [2.24, 2.45) is 0 Å². The number of nitrogens with one attached hydrogen (secondary N) is 1. The highest BCUT2D eigenvalue weighted by atomic mass is 35.5. The maximum Gasteiger partial charge on any atom is 0.260 e. The van der Waals surface area contributed by atoms with Gasteiger partial charge in [0.25, 0.3) is 5.91 Å². The summed E-state index contributed by atoms with van der Waals surface area (Å²) in [4.78, 5) is 28.4. The molecule has 0 bridgehead atoms. The SMILES string of the molecule is Cc1cc(OCC(=O)N2CCN(C(C)C(=O)NC3CC3)CC2)ccc1Cl. The van der Waals surface area contributed by atoms with Gasteiger partial charge in [-0.15, -0.1) is 0 Å². The van der Waals surface area contributed by atoms with Gasteiger partial charge < -0.3 is 15.0 Å². The molecular weight excluding hydrogens is 354 g/mol. The smallest absolute Gasteiger partial charge is 0.260 e. The molecule has 0 spiro atoms. The minimum absolute atomic E-state index is 0.0127. The van der Waals surface area contributed by atoms with E-state index in [4.69, 9.17) is 16.3 Å². The van der Waals surface area contributed by atoms with Gasteiger partial charge in [0.15, 0.2) is 6.61 Å². The van der Waals surface area contributed by atoms with E-state index in [1.165, 1.54) is 0 Å². The first kappa shape index (κ1) is 19.0. The van der Waals surface area contributed by atoms with Crippen LogP contribution in [0, 0.1) is 6.92 Å². The number of carbonyl (C=O) groups excluding carboxylic acids is 2. The molecule has 1 saturated carbocycles. The van der Waals surface area contributed by atoms with Crippen molar-refractivity contribution >= 4 is 23.4 Å². The molecule has 1 N–H and O–H groups in total. The van der Waals surface area contributed by atoms with Crippen molar-refractivity contribution in [1.82, 2.24) is 15.1 Å². The number of hydrogen-bond acceptors (Lipinski definition) is 4. The van der Waals surface area contributed by atoms with Crippen molar-refractivity contribution in [3.8, 4) is 5.75 Å². The molecule has 2 fully saturated rings. The number of ether oxygens (including phenoxy) is 1. The van der Waals surface area contributed by atoms with Crippen LogP contribution in [-0.2, 0) is 9.59 Å². The molecule has 2 amide bonds. The van der Waals surface area contributed by atoms with Crippen LogP contribution < -0.4 is 10.1 Å². The molecule has 142 valence electrons. The van der Waals surface area contributed by atoms with Crippen LogP contribution in [0.1, 0.15) is 25.3 Å². The van der Waals surface area contributed by atoms with E-state index in [1.54, 1.807) is 17.0 Å². The van der Waals surface area contributed by atoms with Crippen molar-refractivity contribution < 1.29 is 14.3 Å². The Morgan fingerprint density at radius 2 is 1.96 bits per heavy atom. The minimum Gasteiger partial charge on any atom is -0.484 e. The lowest BCUT2D eigenvalue weighted by atomic mass is 10.2. The van der Waals surface area contributed by atoms with E-state index < -0.39 is 0 Å². The summed E-state index contributed by atoms with van der Waals surface area (Å²) in [5, 5.41) is 3.72. The van der Waals surface area contributed by atoms with Gasteiger partial charge in [-0.3, -0.25) is 14.5 Å². The van der Waals surface area contributed by atoms with Gasteiger partial charge in [-0.2, -0.15) is 0 Å². The first-order valence-electron chi connectivity index (χ1n) is 9.15. The van der Waals surface area contributed by atoms with Gasteiger partial charge in [0.05, 0.1) is 6.04 Å². The van der Waals surface area contributed by atoms with Gasteiger partial charge in [0.2, 0.25) is 5.91 Å². The second kappa shape index (κ2) is 8.27. The van der Waals surface area contributed by atoms with Gasteiger partial charge in [-0.05, 0) is 50.5 Å². The van der Waals surface area contributed by atoms with Gasteiger partial charge in [0.1, 0.15) is 5.75 Å². The Hall–Kier alpha value is -1.79. The second-order valence-corrected chi connectivity index (χ2v) is 7.48. The normalized spacial score (nSPS) is 19.1. The van der Waals surface area contributed by atoms with Crippen molar-refractivity contribution in [3.63, 3.8) is 0 Å². The third-order valence-corrected chi connectivity index (χ3v) is 5.43. The zero-order chi connectivity index (χ0) is 18.7. The molecule has 0 radical (unpaired) electrons. The van der Waals surface area contributed by atoms with Crippen LogP contribution in [0.4, 0.5) is 0 Å². The average molecular weight is 380 g/mol. The summed E-state index contributed by atoms with van der Waals surface area (Å²) in [6.07, 6.45) is 2.18. The summed E-state index contributed by atoms with van der Waals surface area (Å²) in [5.41, 5.74) is 0.920. The number of amides is 2. The molecular formula is C19H26ClN3O3. The number of piperazine rings is 1. The quantitative estimate of drug-likeness (QED) is 0.819. The zero-order valence-electron chi connectivity index (χ0n) is 15.3.